The molecule has 1 atom stereocenters. The van der Waals surface area contributed by atoms with Crippen LogP contribution in [0.15, 0.2) is 24.3 Å². The number of hydrogen-bond acceptors (Lipinski definition) is 4. The highest BCUT2D eigenvalue weighted by Gasteiger charge is 2.11. The van der Waals surface area contributed by atoms with Gasteiger partial charge in [0.1, 0.15) is 6.04 Å². The van der Waals surface area contributed by atoms with Crippen LogP contribution in [0.25, 0.3) is 0 Å². The minimum atomic E-state index is -0.338. The van der Waals surface area contributed by atoms with Gasteiger partial charge in [-0.2, -0.15) is 0 Å². The molecule has 0 unspecified atom stereocenters. The third-order valence-electron chi connectivity index (χ3n) is 2.32. The fraction of sp³-hybridized carbons (Fsp3) is 0.417. The van der Waals surface area contributed by atoms with Gasteiger partial charge in [0.25, 0.3) is 0 Å². The summed E-state index contributed by atoms with van der Waals surface area (Å²) in [5, 5.41) is 3.07. The lowest BCUT2D eigenvalue weighted by Crippen LogP contribution is -2.27. The van der Waals surface area contributed by atoms with Gasteiger partial charge in [-0.05, 0) is 31.2 Å². The first-order chi connectivity index (χ1) is 7.54. The van der Waals surface area contributed by atoms with Gasteiger partial charge in [0.05, 0.1) is 7.11 Å². The molecule has 1 N–H and O–H groups in total. The minimum Gasteiger partial charge on any atom is -0.467 e. The summed E-state index contributed by atoms with van der Waals surface area (Å²) >= 11 is 0. The van der Waals surface area contributed by atoms with Crippen molar-refractivity contribution in [3.05, 3.63) is 24.3 Å². The Bertz CT molecular complexity index is 347. The topological polar surface area (TPSA) is 41.6 Å². The molecule has 0 saturated carbocycles. The van der Waals surface area contributed by atoms with Gasteiger partial charge < -0.3 is 15.0 Å². The van der Waals surface area contributed by atoms with Crippen molar-refractivity contribution in [1.82, 2.24) is 0 Å². The minimum absolute atomic E-state index is 0.267. The van der Waals surface area contributed by atoms with Gasteiger partial charge in [-0.15, -0.1) is 0 Å². The van der Waals surface area contributed by atoms with Gasteiger partial charge in [0.2, 0.25) is 0 Å². The van der Waals surface area contributed by atoms with Crippen LogP contribution in [-0.4, -0.2) is 33.2 Å². The Labute approximate surface area is 96.2 Å². The highest BCUT2D eigenvalue weighted by Crippen LogP contribution is 2.16. The van der Waals surface area contributed by atoms with Crippen molar-refractivity contribution >= 4 is 17.3 Å². The van der Waals surface area contributed by atoms with Gasteiger partial charge in [-0.25, -0.2) is 4.79 Å². The molecule has 4 heteroatoms. The second-order valence-corrected chi connectivity index (χ2v) is 3.83. The van der Waals surface area contributed by atoms with Crippen LogP contribution in [0.1, 0.15) is 6.92 Å². The molecule has 0 fully saturated rings. The molecule has 0 spiro atoms. The molecule has 0 radical (unpaired) electrons. The molecule has 88 valence electrons. The van der Waals surface area contributed by atoms with E-state index in [2.05, 4.69) is 10.1 Å². The number of anilines is 2. The van der Waals surface area contributed by atoms with Gasteiger partial charge >= 0.3 is 5.97 Å². The molecule has 0 bridgehead atoms. The quantitative estimate of drug-likeness (QED) is 0.788. The van der Waals surface area contributed by atoms with Crippen LogP contribution >= 0.6 is 0 Å². The highest BCUT2D eigenvalue weighted by molar-refractivity contribution is 5.78. The number of methoxy groups -OCH3 is 1. The first-order valence-corrected chi connectivity index (χ1v) is 5.16. The molecule has 0 aliphatic carbocycles. The zero-order valence-corrected chi connectivity index (χ0v) is 10.2. The summed E-state index contributed by atoms with van der Waals surface area (Å²) in [5.41, 5.74) is 2.03. The third-order valence-corrected chi connectivity index (χ3v) is 2.32. The SMILES string of the molecule is COC(=O)[C@@H](C)Nc1ccc(N(C)C)cc1. The van der Waals surface area contributed by atoms with Gasteiger partial charge in [0, 0.05) is 25.5 Å². The molecule has 0 aliphatic rings. The first kappa shape index (κ1) is 12.4. The Kier molecular flexibility index (Phi) is 4.17. The summed E-state index contributed by atoms with van der Waals surface area (Å²) in [6.45, 7) is 1.77. The summed E-state index contributed by atoms with van der Waals surface area (Å²) < 4.78 is 4.64. The maximum absolute atomic E-state index is 11.2. The van der Waals surface area contributed by atoms with Gasteiger partial charge in [-0.1, -0.05) is 0 Å². The fourth-order valence-electron chi connectivity index (χ4n) is 1.34. The normalized spacial score (nSPS) is 11.8. The number of hydrogen-bond donors (Lipinski definition) is 1. The molecule has 0 saturated heterocycles. The number of nitrogens with zero attached hydrogens (tertiary/aromatic N) is 1. The maximum atomic E-state index is 11.2. The summed E-state index contributed by atoms with van der Waals surface area (Å²) in [6, 6.07) is 7.53. The smallest absolute Gasteiger partial charge is 0.327 e. The second-order valence-electron chi connectivity index (χ2n) is 3.83. The van der Waals surface area contributed by atoms with Crippen molar-refractivity contribution in [1.29, 1.82) is 0 Å². The molecule has 0 aromatic heterocycles. The van der Waals surface area contributed by atoms with Crippen molar-refractivity contribution in [2.45, 2.75) is 13.0 Å². The highest BCUT2D eigenvalue weighted by atomic mass is 16.5. The predicted molar refractivity (Wildman–Crippen MR) is 65.9 cm³/mol. The molecule has 1 aromatic rings. The Hall–Kier alpha value is -1.71. The second kappa shape index (κ2) is 5.39. The number of nitrogens with one attached hydrogen (secondary N) is 1. The molecular formula is C12H18N2O2. The summed E-state index contributed by atoms with van der Waals surface area (Å²) in [5.74, 6) is -0.267. The van der Waals surface area contributed by atoms with E-state index in [1.165, 1.54) is 7.11 Å². The molecule has 16 heavy (non-hydrogen) atoms. The van der Waals surface area contributed by atoms with E-state index in [9.17, 15) is 4.79 Å². The summed E-state index contributed by atoms with van der Waals surface area (Å²) in [7, 11) is 5.36. The third kappa shape index (κ3) is 3.15. The zero-order valence-electron chi connectivity index (χ0n) is 10.2. The Morgan fingerprint density at radius 2 is 1.88 bits per heavy atom. The first-order valence-electron chi connectivity index (χ1n) is 5.16. The van der Waals surface area contributed by atoms with E-state index in [0.29, 0.717) is 0 Å². The zero-order chi connectivity index (χ0) is 12.1. The lowest BCUT2D eigenvalue weighted by atomic mass is 10.2. The molecular weight excluding hydrogens is 204 g/mol. The number of rotatable bonds is 4. The van der Waals surface area contributed by atoms with Crippen LogP contribution in [0.4, 0.5) is 11.4 Å². The van der Waals surface area contributed by atoms with Crippen molar-refractivity contribution in [2.24, 2.45) is 0 Å². The van der Waals surface area contributed by atoms with Crippen LogP contribution in [0.5, 0.6) is 0 Å². The lowest BCUT2D eigenvalue weighted by Gasteiger charge is -2.15. The van der Waals surface area contributed by atoms with E-state index in [0.717, 1.165) is 11.4 Å². The molecule has 0 amide bonds. The molecule has 1 rings (SSSR count). The summed E-state index contributed by atoms with van der Waals surface area (Å²) in [4.78, 5) is 13.2. The van der Waals surface area contributed by atoms with Crippen molar-refractivity contribution < 1.29 is 9.53 Å². The fourth-order valence-corrected chi connectivity index (χ4v) is 1.34. The summed E-state index contributed by atoms with van der Waals surface area (Å²) in [6.07, 6.45) is 0. The van der Waals surface area contributed by atoms with Crippen molar-refractivity contribution in [2.75, 3.05) is 31.4 Å². The van der Waals surface area contributed by atoms with Crippen molar-refractivity contribution in [3.8, 4) is 0 Å². The van der Waals surface area contributed by atoms with E-state index in [1.54, 1.807) is 6.92 Å². The van der Waals surface area contributed by atoms with E-state index in [4.69, 9.17) is 0 Å². The predicted octanol–water partition coefficient (Wildman–Crippen LogP) is 1.73. The van der Waals surface area contributed by atoms with Crippen LogP contribution in [-0.2, 0) is 9.53 Å². The number of esters is 1. The van der Waals surface area contributed by atoms with E-state index in [1.807, 2.05) is 43.3 Å². The molecule has 0 heterocycles. The maximum Gasteiger partial charge on any atom is 0.327 e. The van der Waals surface area contributed by atoms with Crippen LogP contribution < -0.4 is 10.2 Å². The van der Waals surface area contributed by atoms with Gasteiger partial charge in [0.15, 0.2) is 0 Å². The van der Waals surface area contributed by atoms with Crippen LogP contribution in [0.2, 0.25) is 0 Å². The van der Waals surface area contributed by atoms with Crippen LogP contribution in [0.3, 0.4) is 0 Å². The van der Waals surface area contributed by atoms with Crippen LogP contribution in [0, 0.1) is 0 Å². The molecule has 1 aromatic carbocycles. The number of benzene rings is 1. The van der Waals surface area contributed by atoms with Crippen molar-refractivity contribution in [3.63, 3.8) is 0 Å². The number of ether oxygens (including phenoxy) is 1. The number of carbonyl (C=O) groups is 1. The molecule has 4 nitrogen and oxygen atoms in total. The average molecular weight is 222 g/mol. The van der Waals surface area contributed by atoms with Gasteiger partial charge in [-0.3, -0.25) is 0 Å². The molecule has 0 aliphatic heterocycles. The van der Waals surface area contributed by atoms with E-state index < -0.39 is 0 Å². The Morgan fingerprint density at radius 1 is 1.31 bits per heavy atom. The standard InChI is InChI=1S/C12H18N2O2/c1-9(12(15)16-4)13-10-5-7-11(8-6-10)14(2)3/h5-9,13H,1-4H3/t9-/m1/s1. The lowest BCUT2D eigenvalue weighted by molar-refractivity contribution is -0.141. The average Bonchev–Trinajstić information content (AvgIpc) is 2.28. The number of carbonyl (C=O) groups excluding carboxylic acids is 1. The largest absolute Gasteiger partial charge is 0.467 e. The Morgan fingerprint density at radius 3 is 2.31 bits per heavy atom. The van der Waals surface area contributed by atoms with E-state index >= 15 is 0 Å². The monoisotopic (exact) mass is 222 g/mol. The van der Waals surface area contributed by atoms with E-state index in [-0.39, 0.29) is 12.0 Å². The Balaban J connectivity index is 2.65.